The van der Waals surface area contributed by atoms with Crippen LogP contribution >= 0.6 is 11.6 Å². The van der Waals surface area contributed by atoms with Crippen molar-refractivity contribution in [1.29, 1.82) is 0 Å². The highest BCUT2D eigenvalue weighted by molar-refractivity contribution is 6.28. The van der Waals surface area contributed by atoms with E-state index in [2.05, 4.69) is 27.1 Å². The van der Waals surface area contributed by atoms with E-state index in [1.807, 2.05) is 0 Å². The van der Waals surface area contributed by atoms with Crippen LogP contribution < -0.4 is 5.32 Å². The molecule has 1 aromatic heterocycles. The lowest BCUT2D eigenvalue weighted by atomic mass is 10.0. The Morgan fingerprint density at radius 3 is 2.57 bits per heavy atom. The van der Waals surface area contributed by atoms with Crippen LogP contribution in [0.2, 0.25) is 5.28 Å². The Labute approximate surface area is 126 Å². The number of rotatable bonds is 4. The molecule has 8 heteroatoms. The summed E-state index contributed by atoms with van der Waals surface area (Å²) < 4.78 is 38.0. The van der Waals surface area contributed by atoms with Gasteiger partial charge >= 0.3 is 6.18 Å². The van der Waals surface area contributed by atoms with Gasteiger partial charge in [0.15, 0.2) is 5.69 Å². The Morgan fingerprint density at radius 2 is 2.00 bits per heavy atom. The number of aromatic nitrogens is 2. The molecule has 1 aliphatic rings. The molecule has 21 heavy (non-hydrogen) atoms. The zero-order valence-corrected chi connectivity index (χ0v) is 12.5. The smallest absolute Gasteiger partial charge is 0.367 e. The minimum absolute atomic E-state index is 0.116. The molecule has 118 valence electrons. The molecule has 0 amide bonds. The first kappa shape index (κ1) is 16.3. The fraction of sp³-hybridized carbons (Fsp3) is 0.692. The van der Waals surface area contributed by atoms with Crippen molar-refractivity contribution < 1.29 is 13.2 Å². The van der Waals surface area contributed by atoms with Crippen molar-refractivity contribution >= 4 is 17.4 Å². The van der Waals surface area contributed by atoms with Gasteiger partial charge in [-0.3, -0.25) is 0 Å². The monoisotopic (exact) mass is 322 g/mol. The first-order valence-electron chi connectivity index (χ1n) is 6.99. The number of nitrogens with one attached hydrogen (secondary N) is 1. The van der Waals surface area contributed by atoms with Gasteiger partial charge in [-0.2, -0.15) is 13.2 Å². The second-order valence-electron chi connectivity index (χ2n) is 5.17. The van der Waals surface area contributed by atoms with Crippen LogP contribution in [0.25, 0.3) is 0 Å². The predicted molar refractivity (Wildman–Crippen MR) is 75.4 cm³/mol. The van der Waals surface area contributed by atoms with E-state index in [1.165, 1.54) is 0 Å². The van der Waals surface area contributed by atoms with Crippen LogP contribution in [-0.4, -0.2) is 40.5 Å². The lowest BCUT2D eigenvalue weighted by Gasteiger charge is -2.32. The van der Waals surface area contributed by atoms with Crippen molar-refractivity contribution in [2.24, 2.45) is 0 Å². The second-order valence-corrected chi connectivity index (χ2v) is 5.50. The summed E-state index contributed by atoms with van der Waals surface area (Å²) in [6, 6.07) is 1.02. The maximum Gasteiger partial charge on any atom is 0.433 e. The highest BCUT2D eigenvalue weighted by atomic mass is 35.5. The molecule has 0 bridgehead atoms. The van der Waals surface area contributed by atoms with Gasteiger partial charge in [0.1, 0.15) is 5.82 Å². The number of halogens is 4. The molecule has 1 N–H and O–H groups in total. The van der Waals surface area contributed by atoms with E-state index < -0.39 is 17.2 Å². The zero-order valence-electron chi connectivity index (χ0n) is 11.8. The fourth-order valence-corrected chi connectivity index (χ4v) is 2.65. The van der Waals surface area contributed by atoms with Gasteiger partial charge in [0, 0.05) is 25.2 Å². The molecule has 0 atom stereocenters. The lowest BCUT2D eigenvalue weighted by Crippen LogP contribution is -2.39. The fourth-order valence-electron chi connectivity index (χ4n) is 2.46. The molecule has 0 spiro atoms. The van der Waals surface area contributed by atoms with E-state index in [1.54, 1.807) is 0 Å². The topological polar surface area (TPSA) is 41.0 Å². The molecular formula is C13H18ClF3N4. The summed E-state index contributed by atoms with van der Waals surface area (Å²) in [4.78, 5) is 9.40. The van der Waals surface area contributed by atoms with Crippen LogP contribution in [0, 0.1) is 0 Å². The molecule has 0 unspecified atom stereocenters. The van der Waals surface area contributed by atoms with Crippen molar-refractivity contribution in [2.45, 2.75) is 38.4 Å². The molecule has 2 heterocycles. The third kappa shape index (κ3) is 4.71. The van der Waals surface area contributed by atoms with E-state index >= 15 is 0 Å². The largest absolute Gasteiger partial charge is 0.433 e. The molecule has 1 fully saturated rings. The number of anilines is 1. The Kier molecular flexibility index (Phi) is 5.27. The number of piperidine rings is 1. The Bertz CT molecular complexity index is 473. The minimum Gasteiger partial charge on any atom is -0.367 e. The average Bonchev–Trinajstić information content (AvgIpc) is 2.40. The SMILES string of the molecule is CCCN1CCC(Nc2cc(C(F)(F)F)nc(Cl)n2)CC1. The van der Waals surface area contributed by atoms with E-state index in [9.17, 15) is 13.2 Å². The maximum absolute atomic E-state index is 12.7. The van der Waals surface area contributed by atoms with Crippen molar-refractivity contribution in [3.8, 4) is 0 Å². The summed E-state index contributed by atoms with van der Waals surface area (Å²) in [6.07, 6.45) is -1.66. The molecule has 1 aromatic rings. The summed E-state index contributed by atoms with van der Waals surface area (Å²) in [6.45, 7) is 5.07. The number of alkyl halides is 3. The Morgan fingerprint density at radius 1 is 1.33 bits per heavy atom. The first-order valence-corrected chi connectivity index (χ1v) is 7.37. The van der Waals surface area contributed by atoms with Gasteiger partial charge in [0.05, 0.1) is 0 Å². The normalized spacial score (nSPS) is 18.0. The Balaban J connectivity index is 1.99. The van der Waals surface area contributed by atoms with E-state index in [0.717, 1.165) is 45.0 Å². The molecule has 0 radical (unpaired) electrons. The molecule has 1 saturated heterocycles. The van der Waals surface area contributed by atoms with Gasteiger partial charge in [-0.1, -0.05) is 6.92 Å². The molecule has 1 aliphatic heterocycles. The summed E-state index contributed by atoms with van der Waals surface area (Å²) >= 11 is 5.57. The van der Waals surface area contributed by atoms with Gasteiger partial charge < -0.3 is 10.2 Å². The summed E-state index contributed by atoms with van der Waals surface area (Å²) in [5.74, 6) is 0.135. The lowest BCUT2D eigenvalue weighted by molar-refractivity contribution is -0.141. The van der Waals surface area contributed by atoms with Crippen LogP contribution in [0.15, 0.2) is 6.07 Å². The minimum atomic E-state index is -4.52. The van der Waals surface area contributed by atoms with Gasteiger partial charge in [-0.25, -0.2) is 9.97 Å². The molecule has 0 aliphatic carbocycles. The van der Waals surface area contributed by atoms with Crippen molar-refractivity contribution in [1.82, 2.24) is 14.9 Å². The van der Waals surface area contributed by atoms with Crippen LogP contribution in [0.4, 0.5) is 19.0 Å². The maximum atomic E-state index is 12.7. The third-order valence-corrected chi connectivity index (χ3v) is 3.64. The van der Waals surface area contributed by atoms with Gasteiger partial charge in [-0.05, 0) is 37.4 Å². The van der Waals surface area contributed by atoms with Crippen LogP contribution in [-0.2, 0) is 6.18 Å². The number of nitrogens with zero attached hydrogens (tertiary/aromatic N) is 3. The highest BCUT2D eigenvalue weighted by Gasteiger charge is 2.33. The molecular weight excluding hydrogens is 305 g/mol. The zero-order chi connectivity index (χ0) is 15.5. The number of likely N-dealkylation sites (tertiary alicyclic amines) is 1. The first-order chi connectivity index (χ1) is 9.88. The number of hydrogen-bond donors (Lipinski definition) is 1. The molecule has 0 saturated carbocycles. The van der Waals surface area contributed by atoms with Crippen LogP contribution in [0.3, 0.4) is 0 Å². The third-order valence-electron chi connectivity index (χ3n) is 3.47. The van der Waals surface area contributed by atoms with E-state index in [0.29, 0.717) is 0 Å². The van der Waals surface area contributed by atoms with Crippen molar-refractivity contribution in [3.05, 3.63) is 17.0 Å². The summed E-state index contributed by atoms with van der Waals surface area (Å²) in [5.41, 5.74) is -1.02. The second kappa shape index (κ2) is 6.79. The van der Waals surface area contributed by atoms with Crippen molar-refractivity contribution in [2.75, 3.05) is 25.0 Å². The van der Waals surface area contributed by atoms with Gasteiger partial charge in [0.2, 0.25) is 5.28 Å². The average molecular weight is 323 g/mol. The quantitative estimate of drug-likeness (QED) is 0.862. The van der Waals surface area contributed by atoms with E-state index in [4.69, 9.17) is 11.6 Å². The van der Waals surface area contributed by atoms with Crippen LogP contribution in [0.1, 0.15) is 31.9 Å². The van der Waals surface area contributed by atoms with E-state index in [-0.39, 0.29) is 11.9 Å². The molecule has 2 rings (SSSR count). The Hall–Kier alpha value is -1.08. The van der Waals surface area contributed by atoms with Crippen LogP contribution in [0.5, 0.6) is 0 Å². The predicted octanol–water partition coefficient (Wildman–Crippen LogP) is 3.44. The highest BCUT2D eigenvalue weighted by Crippen LogP contribution is 2.30. The molecule has 4 nitrogen and oxygen atoms in total. The van der Waals surface area contributed by atoms with Gasteiger partial charge in [-0.15, -0.1) is 0 Å². The summed E-state index contributed by atoms with van der Waals surface area (Å²) in [5, 5.41) is 2.64. The van der Waals surface area contributed by atoms with Gasteiger partial charge in [0.25, 0.3) is 0 Å². The standard InChI is InChI=1S/C13H18ClF3N4/c1-2-5-21-6-3-9(4-7-21)18-11-8-10(13(15,16)17)19-12(14)20-11/h8-9H,2-7H2,1H3,(H,18,19,20). The summed E-state index contributed by atoms with van der Waals surface area (Å²) in [7, 11) is 0. The molecule has 0 aromatic carbocycles. The number of hydrogen-bond acceptors (Lipinski definition) is 4. The van der Waals surface area contributed by atoms with Crippen molar-refractivity contribution in [3.63, 3.8) is 0 Å².